The van der Waals surface area contributed by atoms with Gasteiger partial charge in [0.15, 0.2) is 11.2 Å². The summed E-state index contributed by atoms with van der Waals surface area (Å²) in [4.78, 5) is 11.7. The van der Waals surface area contributed by atoms with Crippen LogP contribution in [0.25, 0.3) is 0 Å². The smallest absolute Gasteiger partial charge is 0.171 e. The van der Waals surface area contributed by atoms with E-state index in [9.17, 15) is 4.79 Å². The number of Topliss-reactive ketones (excluding diaryl/α,β-unsaturated/α-hetero) is 1. The Balaban J connectivity index is 1.70. The van der Waals surface area contributed by atoms with E-state index in [0.29, 0.717) is 23.0 Å². The van der Waals surface area contributed by atoms with Crippen LogP contribution in [0.15, 0.2) is 0 Å². The van der Waals surface area contributed by atoms with Crippen LogP contribution < -0.4 is 0 Å². The van der Waals surface area contributed by atoms with E-state index < -0.39 is 0 Å². The third kappa shape index (κ3) is 1.69. The van der Waals surface area contributed by atoms with E-state index in [2.05, 4.69) is 13.8 Å². The van der Waals surface area contributed by atoms with E-state index in [1.54, 1.807) is 0 Å². The molecule has 0 spiro atoms. The number of thioether (sulfide) groups is 1. The Morgan fingerprint density at radius 1 is 1.41 bits per heavy atom. The van der Waals surface area contributed by atoms with Crippen molar-refractivity contribution in [2.45, 2.75) is 50.7 Å². The van der Waals surface area contributed by atoms with Crippen molar-refractivity contribution in [1.82, 2.24) is 0 Å². The SMILES string of the molecule is CCC(=O)[C@@H]1OC[C@@H]2[C@H](C[C@H]3C[C@@H]2C3(C)C)S1. The second-order valence-electron chi connectivity index (χ2n) is 6.42. The quantitative estimate of drug-likeness (QED) is 0.757. The molecule has 2 bridgehead atoms. The number of hydrogen-bond acceptors (Lipinski definition) is 3. The molecule has 0 amide bonds. The Hall–Kier alpha value is -0.0200. The summed E-state index contributed by atoms with van der Waals surface area (Å²) in [5, 5.41) is 0.682. The van der Waals surface area contributed by atoms with Gasteiger partial charge in [-0.05, 0) is 36.0 Å². The predicted octanol–water partition coefficient (Wildman–Crippen LogP) is 3.11. The second kappa shape index (κ2) is 3.99. The molecule has 0 aromatic rings. The van der Waals surface area contributed by atoms with Crippen molar-refractivity contribution in [3.8, 4) is 0 Å². The molecule has 0 unspecified atom stereocenters. The van der Waals surface area contributed by atoms with Crippen LogP contribution in [-0.4, -0.2) is 23.1 Å². The summed E-state index contributed by atoms with van der Waals surface area (Å²) in [7, 11) is 0. The Labute approximate surface area is 108 Å². The number of carbonyl (C=O) groups excluding carboxylic acids is 1. The molecule has 3 heteroatoms. The van der Waals surface area contributed by atoms with E-state index in [0.717, 1.165) is 18.4 Å². The summed E-state index contributed by atoms with van der Waals surface area (Å²) in [5.74, 6) is 2.68. The monoisotopic (exact) mass is 254 g/mol. The van der Waals surface area contributed by atoms with E-state index in [1.807, 2.05) is 18.7 Å². The third-order valence-corrected chi connectivity index (χ3v) is 6.95. The van der Waals surface area contributed by atoms with Crippen molar-refractivity contribution >= 4 is 17.5 Å². The standard InChI is InChI=1S/C14H22O2S/c1-4-11(15)13-16-7-9-10-5-8(14(10,2)3)6-12(9)17-13/h8-10,12-13H,4-7H2,1-3H3/t8-,9+,10+,12+,13-/m1/s1. The maximum atomic E-state index is 11.7. The summed E-state index contributed by atoms with van der Waals surface area (Å²) in [6, 6.07) is 0. The first-order valence-corrected chi connectivity index (χ1v) is 7.78. The molecule has 1 saturated heterocycles. The Bertz CT molecular complexity index is 339. The van der Waals surface area contributed by atoms with Gasteiger partial charge < -0.3 is 4.74 Å². The van der Waals surface area contributed by atoms with Crippen molar-refractivity contribution in [3.63, 3.8) is 0 Å². The molecule has 4 rings (SSSR count). The number of hydrogen-bond donors (Lipinski definition) is 0. The molecule has 0 aromatic heterocycles. The fourth-order valence-corrected chi connectivity index (χ4v) is 5.62. The maximum Gasteiger partial charge on any atom is 0.171 e. The minimum absolute atomic E-state index is 0.165. The highest BCUT2D eigenvalue weighted by molar-refractivity contribution is 8.01. The minimum Gasteiger partial charge on any atom is -0.359 e. The van der Waals surface area contributed by atoms with Gasteiger partial charge in [0.1, 0.15) is 0 Å². The van der Waals surface area contributed by atoms with Gasteiger partial charge >= 0.3 is 0 Å². The van der Waals surface area contributed by atoms with Crippen molar-refractivity contribution < 1.29 is 9.53 Å². The average molecular weight is 254 g/mol. The van der Waals surface area contributed by atoms with Crippen LogP contribution in [-0.2, 0) is 9.53 Å². The lowest BCUT2D eigenvalue weighted by molar-refractivity contribution is -0.140. The molecule has 96 valence electrons. The predicted molar refractivity (Wildman–Crippen MR) is 69.9 cm³/mol. The fourth-order valence-electron chi connectivity index (χ4n) is 4.01. The first-order chi connectivity index (χ1) is 8.04. The number of carbonyl (C=O) groups is 1. The molecule has 1 aliphatic heterocycles. The van der Waals surface area contributed by atoms with Gasteiger partial charge in [0.05, 0.1) is 6.61 Å². The molecule has 1 heterocycles. The van der Waals surface area contributed by atoms with Gasteiger partial charge in [-0.2, -0.15) is 0 Å². The summed E-state index contributed by atoms with van der Waals surface area (Å²) < 4.78 is 5.80. The van der Waals surface area contributed by atoms with Crippen LogP contribution >= 0.6 is 11.8 Å². The van der Waals surface area contributed by atoms with Gasteiger partial charge in [-0.15, -0.1) is 11.8 Å². The lowest BCUT2D eigenvalue weighted by Crippen LogP contribution is -2.59. The molecule has 0 N–H and O–H groups in total. The van der Waals surface area contributed by atoms with Crippen molar-refractivity contribution in [1.29, 1.82) is 0 Å². The molecular formula is C14H22O2S. The summed E-state index contributed by atoms with van der Waals surface area (Å²) in [6.07, 6.45) is 3.30. The molecule has 3 aliphatic carbocycles. The highest BCUT2D eigenvalue weighted by Crippen LogP contribution is 2.64. The van der Waals surface area contributed by atoms with E-state index >= 15 is 0 Å². The van der Waals surface area contributed by atoms with Crippen LogP contribution in [0.3, 0.4) is 0 Å². The Kier molecular flexibility index (Phi) is 2.82. The highest BCUT2D eigenvalue weighted by Gasteiger charge is 2.59. The van der Waals surface area contributed by atoms with Gasteiger partial charge in [-0.25, -0.2) is 0 Å². The van der Waals surface area contributed by atoms with Crippen LogP contribution in [0, 0.1) is 23.2 Å². The third-order valence-electron chi connectivity index (χ3n) is 5.41. The number of ketones is 1. The maximum absolute atomic E-state index is 11.7. The van der Waals surface area contributed by atoms with Gasteiger partial charge in [0.2, 0.25) is 0 Å². The van der Waals surface area contributed by atoms with E-state index in [4.69, 9.17) is 4.74 Å². The van der Waals surface area contributed by atoms with Gasteiger partial charge in [0, 0.05) is 11.7 Å². The second-order valence-corrected chi connectivity index (χ2v) is 7.73. The Morgan fingerprint density at radius 2 is 2.18 bits per heavy atom. The van der Waals surface area contributed by atoms with E-state index in [1.165, 1.54) is 12.8 Å². The molecule has 5 atom stereocenters. The van der Waals surface area contributed by atoms with Gasteiger partial charge in [0.25, 0.3) is 0 Å². The normalized spacial score (nSPS) is 46.9. The first kappa shape index (κ1) is 12.0. The fraction of sp³-hybridized carbons (Fsp3) is 0.929. The van der Waals surface area contributed by atoms with Gasteiger partial charge in [-0.3, -0.25) is 4.79 Å². The summed E-state index contributed by atoms with van der Waals surface area (Å²) in [5.41, 5.74) is 0.356. The average Bonchev–Trinajstić information content (AvgIpc) is 2.36. The molecule has 2 nitrogen and oxygen atoms in total. The lowest BCUT2D eigenvalue weighted by atomic mass is 9.45. The summed E-state index contributed by atoms with van der Waals surface area (Å²) >= 11 is 1.81. The van der Waals surface area contributed by atoms with Crippen molar-refractivity contribution in [2.24, 2.45) is 23.2 Å². The minimum atomic E-state index is -0.165. The zero-order valence-corrected chi connectivity index (χ0v) is 11.8. The lowest BCUT2D eigenvalue weighted by Gasteiger charge is -2.63. The van der Waals surface area contributed by atoms with Crippen molar-refractivity contribution in [2.75, 3.05) is 6.61 Å². The van der Waals surface area contributed by atoms with Crippen LogP contribution in [0.1, 0.15) is 40.0 Å². The zero-order valence-electron chi connectivity index (χ0n) is 10.9. The summed E-state index contributed by atoms with van der Waals surface area (Å²) in [6.45, 7) is 7.57. The molecule has 4 fully saturated rings. The van der Waals surface area contributed by atoms with Crippen molar-refractivity contribution in [3.05, 3.63) is 0 Å². The molecule has 0 aromatic carbocycles. The topological polar surface area (TPSA) is 26.3 Å². The molecular weight excluding hydrogens is 232 g/mol. The number of rotatable bonds is 2. The van der Waals surface area contributed by atoms with Crippen LogP contribution in [0.2, 0.25) is 0 Å². The molecule has 0 radical (unpaired) electrons. The molecule has 4 aliphatic rings. The van der Waals surface area contributed by atoms with Gasteiger partial charge in [-0.1, -0.05) is 20.8 Å². The molecule has 17 heavy (non-hydrogen) atoms. The largest absolute Gasteiger partial charge is 0.359 e. The van der Waals surface area contributed by atoms with E-state index in [-0.39, 0.29) is 11.2 Å². The van der Waals surface area contributed by atoms with Crippen LogP contribution in [0.4, 0.5) is 0 Å². The first-order valence-electron chi connectivity index (χ1n) is 6.83. The number of ether oxygens (including phenoxy) is 1. The highest BCUT2D eigenvalue weighted by atomic mass is 32.2. The Morgan fingerprint density at radius 3 is 2.82 bits per heavy atom. The van der Waals surface area contributed by atoms with Crippen LogP contribution in [0.5, 0.6) is 0 Å². The molecule has 3 saturated carbocycles. The zero-order chi connectivity index (χ0) is 12.2.